The van der Waals surface area contributed by atoms with Crippen LogP contribution in [-0.2, 0) is 11.3 Å². The first-order chi connectivity index (χ1) is 10.1. The molecule has 1 amide bonds. The van der Waals surface area contributed by atoms with E-state index in [-0.39, 0.29) is 12.5 Å². The summed E-state index contributed by atoms with van der Waals surface area (Å²) in [6, 6.07) is 13.5. The standard InChI is InChI=1S/C17H19ClN2O/c1-12-6-5-9-16(13(12)2)19-11-17(21)20-10-14-7-3-4-8-15(14)18/h3-9,19H,10-11H2,1-2H3,(H,20,21). The van der Waals surface area contributed by atoms with E-state index in [1.165, 1.54) is 5.56 Å². The molecular weight excluding hydrogens is 284 g/mol. The molecule has 0 saturated heterocycles. The second-order valence-corrected chi connectivity index (χ2v) is 5.38. The fourth-order valence-corrected chi connectivity index (χ4v) is 2.22. The van der Waals surface area contributed by atoms with Crippen molar-refractivity contribution in [1.82, 2.24) is 5.32 Å². The molecule has 0 spiro atoms. The summed E-state index contributed by atoms with van der Waals surface area (Å²) in [6.07, 6.45) is 0. The number of hydrogen-bond donors (Lipinski definition) is 2. The minimum absolute atomic E-state index is 0.0594. The van der Waals surface area contributed by atoms with Crippen LogP contribution in [0.15, 0.2) is 42.5 Å². The molecule has 4 heteroatoms. The first kappa shape index (κ1) is 15.4. The smallest absolute Gasteiger partial charge is 0.239 e. The maximum absolute atomic E-state index is 11.9. The molecule has 2 N–H and O–H groups in total. The van der Waals surface area contributed by atoms with Crippen molar-refractivity contribution in [1.29, 1.82) is 0 Å². The van der Waals surface area contributed by atoms with E-state index in [1.54, 1.807) is 0 Å². The van der Waals surface area contributed by atoms with Crippen molar-refractivity contribution < 1.29 is 4.79 Å². The number of halogens is 1. The van der Waals surface area contributed by atoms with E-state index in [1.807, 2.05) is 43.3 Å². The minimum Gasteiger partial charge on any atom is -0.376 e. The fourth-order valence-electron chi connectivity index (χ4n) is 2.02. The lowest BCUT2D eigenvalue weighted by atomic mass is 10.1. The molecule has 0 aliphatic carbocycles. The van der Waals surface area contributed by atoms with Crippen LogP contribution in [0, 0.1) is 13.8 Å². The van der Waals surface area contributed by atoms with E-state index < -0.39 is 0 Å². The highest BCUT2D eigenvalue weighted by Gasteiger charge is 2.05. The van der Waals surface area contributed by atoms with E-state index in [0.29, 0.717) is 11.6 Å². The molecule has 2 aromatic rings. The van der Waals surface area contributed by atoms with E-state index in [2.05, 4.69) is 23.6 Å². The Morgan fingerprint density at radius 1 is 1.10 bits per heavy atom. The summed E-state index contributed by atoms with van der Waals surface area (Å²) in [5, 5.41) is 6.68. The maximum atomic E-state index is 11.9. The Morgan fingerprint density at radius 3 is 2.62 bits per heavy atom. The highest BCUT2D eigenvalue weighted by atomic mass is 35.5. The number of carbonyl (C=O) groups excluding carboxylic acids is 1. The number of carbonyl (C=O) groups is 1. The van der Waals surface area contributed by atoms with Gasteiger partial charge in [-0.2, -0.15) is 0 Å². The second kappa shape index (κ2) is 7.14. The normalized spacial score (nSPS) is 10.2. The van der Waals surface area contributed by atoms with Gasteiger partial charge >= 0.3 is 0 Å². The Labute approximate surface area is 130 Å². The SMILES string of the molecule is Cc1cccc(NCC(=O)NCc2ccccc2Cl)c1C. The first-order valence-electron chi connectivity index (χ1n) is 6.88. The minimum atomic E-state index is -0.0594. The van der Waals surface area contributed by atoms with Gasteiger partial charge in [0, 0.05) is 17.3 Å². The number of nitrogens with one attached hydrogen (secondary N) is 2. The lowest BCUT2D eigenvalue weighted by Gasteiger charge is -2.12. The zero-order valence-electron chi connectivity index (χ0n) is 12.2. The molecule has 2 rings (SSSR count). The molecule has 0 aliphatic rings. The monoisotopic (exact) mass is 302 g/mol. The number of amides is 1. The zero-order valence-corrected chi connectivity index (χ0v) is 13.0. The summed E-state index contributed by atoms with van der Waals surface area (Å²) in [5.41, 5.74) is 4.27. The van der Waals surface area contributed by atoms with Crippen molar-refractivity contribution >= 4 is 23.2 Å². The van der Waals surface area contributed by atoms with Gasteiger partial charge in [-0.3, -0.25) is 4.79 Å². The van der Waals surface area contributed by atoms with Gasteiger partial charge in [0.15, 0.2) is 0 Å². The summed E-state index contributed by atoms with van der Waals surface area (Å²) in [7, 11) is 0. The largest absolute Gasteiger partial charge is 0.376 e. The highest BCUT2D eigenvalue weighted by molar-refractivity contribution is 6.31. The average molecular weight is 303 g/mol. The third-order valence-electron chi connectivity index (χ3n) is 3.48. The fraction of sp³-hybridized carbons (Fsp3) is 0.235. The Balaban J connectivity index is 1.85. The van der Waals surface area contributed by atoms with E-state index in [9.17, 15) is 4.79 Å². The molecule has 21 heavy (non-hydrogen) atoms. The quantitative estimate of drug-likeness (QED) is 0.884. The summed E-state index contributed by atoms with van der Waals surface area (Å²) in [4.78, 5) is 11.9. The number of rotatable bonds is 5. The Kier molecular flexibility index (Phi) is 5.23. The van der Waals surface area contributed by atoms with Crippen molar-refractivity contribution in [3.05, 3.63) is 64.2 Å². The van der Waals surface area contributed by atoms with Gasteiger partial charge in [-0.25, -0.2) is 0 Å². The Morgan fingerprint density at radius 2 is 1.86 bits per heavy atom. The van der Waals surface area contributed by atoms with Crippen LogP contribution in [0.25, 0.3) is 0 Å². The van der Waals surface area contributed by atoms with Crippen molar-refractivity contribution in [2.45, 2.75) is 20.4 Å². The molecule has 3 nitrogen and oxygen atoms in total. The third kappa shape index (κ3) is 4.23. The van der Waals surface area contributed by atoms with Gasteiger partial charge in [0.1, 0.15) is 0 Å². The zero-order chi connectivity index (χ0) is 15.2. The van der Waals surface area contributed by atoms with Crippen LogP contribution >= 0.6 is 11.6 Å². The molecule has 0 fully saturated rings. The summed E-state index contributed by atoms with van der Waals surface area (Å²) < 4.78 is 0. The topological polar surface area (TPSA) is 41.1 Å². The van der Waals surface area contributed by atoms with Crippen LogP contribution in [-0.4, -0.2) is 12.5 Å². The first-order valence-corrected chi connectivity index (χ1v) is 7.26. The number of anilines is 1. The van der Waals surface area contributed by atoms with Gasteiger partial charge in [0.25, 0.3) is 0 Å². The van der Waals surface area contributed by atoms with Gasteiger partial charge in [-0.15, -0.1) is 0 Å². The Hall–Kier alpha value is -2.00. The van der Waals surface area contributed by atoms with Crippen LogP contribution in [0.1, 0.15) is 16.7 Å². The molecule has 0 aliphatic heterocycles. The van der Waals surface area contributed by atoms with Gasteiger partial charge in [0.2, 0.25) is 5.91 Å². The lowest BCUT2D eigenvalue weighted by Crippen LogP contribution is -2.29. The molecule has 110 valence electrons. The molecular formula is C17H19ClN2O. The number of benzene rings is 2. The molecule has 0 radical (unpaired) electrons. The van der Waals surface area contributed by atoms with Gasteiger partial charge < -0.3 is 10.6 Å². The van der Waals surface area contributed by atoms with Gasteiger partial charge in [0.05, 0.1) is 6.54 Å². The molecule has 0 heterocycles. The predicted octanol–water partition coefficient (Wildman–Crippen LogP) is 3.69. The predicted molar refractivity (Wildman–Crippen MR) is 87.7 cm³/mol. The molecule has 0 bridgehead atoms. The van der Waals surface area contributed by atoms with Crippen LogP contribution in [0.4, 0.5) is 5.69 Å². The van der Waals surface area contributed by atoms with Gasteiger partial charge in [-0.1, -0.05) is 41.9 Å². The maximum Gasteiger partial charge on any atom is 0.239 e. The van der Waals surface area contributed by atoms with E-state index in [4.69, 9.17) is 11.6 Å². The van der Waals surface area contributed by atoms with E-state index in [0.717, 1.165) is 16.8 Å². The van der Waals surface area contributed by atoms with Crippen LogP contribution in [0.5, 0.6) is 0 Å². The molecule has 2 aromatic carbocycles. The van der Waals surface area contributed by atoms with Crippen LogP contribution < -0.4 is 10.6 Å². The average Bonchev–Trinajstić information content (AvgIpc) is 2.48. The second-order valence-electron chi connectivity index (χ2n) is 4.97. The van der Waals surface area contributed by atoms with Crippen molar-refractivity contribution in [3.63, 3.8) is 0 Å². The Bertz CT molecular complexity index is 640. The molecule has 0 aromatic heterocycles. The number of hydrogen-bond acceptors (Lipinski definition) is 2. The summed E-state index contributed by atoms with van der Waals surface area (Å²) in [5.74, 6) is -0.0594. The van der Waals surface area contributed by atoms with Crippen molar-refractivity contribution in [2.75, 3.05) is 11.9 Å². The summed E-state index contributed by atoms with van der Waals surface area (Å²) in [6.45, 7) is 4.78. The van der Waals surface area contributed by atoms with Crippen LogP contribution in [0.3, 0.4) is 0 Å². The van der Waals surface area contributed by atoms with Crippen molar-refractivity contribution in [2.24, 2.45) is 0 Å². The highest BCUT2D eigenvalue weighted by Crippen LogP contribution is 2.17. The molecule has 0 saturated carbocycles. The molecule has 0 atom stereocenters. The molecule has 0 unspecified atom stereocenters. The van der Waals surface area contributed by atoms with Crippen molar-refractivity contribution in [3.8, 4) is 0 Å². The lowest BCUT2D eigenvalue weighted by molar-refractivity contribution is -0.119. The van der Waals surface area contributed by atoms with Crippen LogP contribution in [0.2, 0.25) is 5.02 Å². The third-order valence-corrected chi connectivity index (χ3v) is 3.85. The van der Waals surface area contributed by atoms with E-state index >= 15 is 0 Å². The van der Waals surface area contributed by atoms with Gasteiger partial charge in [-0.05, 0) is 42.7 Å². The summed E-state index contributed by atoms with van der Waals surface area (Å²) >= 11 is 6.05. The number of aryl methyl sites for hydroxylation is 1.